The molecule has 1 aromatic rings. The molecular weight excluding hydrogens is 228 g/mol. The normalized spacial score (nSPS) is 22.0. The zero-order valence-corrected chi connectivity index (χ0v) is 11.4. The van der Waals surface area contributed by atoms with Crippen LogP contribution in [0.1, 0.15) is 57.2 Å². The van der Waals surface area contributed by atoms with E-state index in [2.05, 4.69) is 24.1 Å². The van der Waals surface area contributed by atoms with E-state index in [1.54, 1.807) is 0 Å². The molecule has 1 saturated heterocycles. The number of oxazole rings is 1. The Morgan fingerprint density at radius 2 is 2.39 bits per heavy atom. The molecule has 1 aliphatic heterocycles. The van der Waals surface area contributed by atoms with Crippen LogP contribution >= 0.6 is 0 Å². The lowest BCUT2D eigenvalue weighted by Gasteiger charge is -2.21. The number of ether oxygens (including phenoxy) is 1. The Labute approximate surface area is 109 Å². The van der Waals surface area contributed by atoms with Gasteiger partial charge in [-0.15, -0.1) is 0 Å². The summed E-state index contributed by atoms with van der Waals surface area (Å²) < 4.78 is 11.5. The first-order chi connectivity index (χ1) is 8.79. The molecule has 2 heterocycles. The third kappa shape index (κ3) is 3.82. The summed E-state index contributed by atoms with van der Waals surface area (Å²) >= 11 is 0. The molecule has 2 atom stereocenters. The third-order valence-electron chi connectivity index (χ3n) is 3.35. The average Bonchev–Trinajstić information content (AvgIpc) is 2.86. The Hall–Kier alpha value is -0.870. The Morgan fingerprint density at radius 3 is 3.11 bits per heavy atom. The van der Waals surface area contributed by atoms with Crippen molar-refractivity contribution in [1.29, 1.82) is 0 Å². The summed E-state index contributed by atoms with van der Waals surface area (Å²) in [5.41, 5.74) is 0. The number of aromatic nitrogens is 1. The van der Waals surface area contributed by atoms with Gasteiger partial charge in [-0.2, -0.15) is 0 Å². The average molecular weight is 252 g/mol. The fraction of sp³-hybridized carbons (Fsp3) is 0.786. The molecule has 0 saturated carbocycles. The zero-order chi connectivity index (χ0) is 12.8. The van der Waals surface area contributed by atoms with Crippen molar-refractivity contribution in [1.82, 2.24) is 10.3 Å². The predicted molar refractivity (Wildman–Crippen MR) is 70.5 cm³/mol. The summed E-state index contributed by atoms with van der Waals surface area (Å²) in [5, 5.41) is 3.38. The summed E-state index contributed by atoms with van der Waals surface area (Å²) in [5.74, 6) is 1.73. The van der Waals surface area contributed by atoms with E-state index in [0.717, 1.165) is 44.1 Å². The molecule has 0 radical (unpaired) electrons. The van der Waals surface area contributed by atoms with E-state index in [1.807, 2.05) is 6.20 Å². The highest BCUT2D eigenvalue weighted by Crippen LogP contribution is 2.19. The van der Waals surface area contributed by atoms with Crippen molar-refractivity contribution >= 4 is 0 Å². The van der Waals surface area contributed by atoms with Gasteiger partial charge in [0.2, 0.25) is 5.89 Å². The van der Waals surface area contributed by atoms with E-state index in [4.69, 9.17) is 9.15 Å². The van der Waals surface area contributed by atoms with Crippen LogP contribution in [0.3, 0.4) is 0 Å². The minimum atomic E-state index is 0.186. The highest BCUT2D eigenvalue weighted by atomic mass is 16.5. The smallest absolute Gasteiger partial charge is 0.211 e. The fourth-order valence-corrected chi connectivity index (χ4v) is 2.26. The molecule has 0 amide bonds. The summed E-state index contributed by atoms with van der Waals surface area (Å²) in [4.78, 5) is 4.35. The molecule has 0 bridgehead atoms. The maximum absolute atomic E-state index is 5.79. The molecule has 0 aliphatic carbocycles. The molecule has 18 heavy (non-hydrogen) atoms. The van der Waals surface area contributed by atoms with Gasteiger partial charge < -0.3 is 14.5 Å². The SMILES string of the molecule is CCCNC(C)c1ncc(CC2CCCCO2)o1. The van der Waals surface area contributed by atoms with Crippen LogP contribution in [-0.2, 0) is 11.2 Å². The van der Waals surface area contributed by atoms with Gasteiger partial charge in [0.05, 0.1) is 18.3 Å². The molecule has 102 valence electrons. The standard InChI is InChI=1S/C14H24N2O2/c1-3-7-15-11(2)14-16-10-13(18-14)9-12-6-4-5-8-17-12/h10-12,15H,3-9H2,1-2H3. The second-order valence-electron chi connectivity index (χ2n) is 5.03. The highest BCUT2D eigenvalue weighted by molar-refractivity contribution is 4.99. The van der Waals surface area contributed by atoms with Crippen LogP contribution in [0.2, 0.25) is 0 Å². The number of nitrogens with zero attached hydrogens (tertiary/aromatic N) is 1. The van der Waals surface area contributed by atoms with Crippen LogP contribution in [-0.4, -0.2) is 24.2 Å². The third-order valence-corrected chi connectivity index (χ3v) is 3.35. The molecule has 0 aromatic carbocycles. The second kappa shape index (κ2) is 6.90. The van der Waals surface area contributed by atoms with Crippen LogP contribution in [0.25, 0.3) is 0 Å². The topological polar surface area (TPSA) is 47.3 Å². The number of nitrogens with one attached hydrogen (secondary N) is 1. The van der Waals surface area contributed by atoms with Gasteiger partial charge in [-0.1, -0.05) is 6.92 Å². The van der Waals surface area contributed by atoms with Crippen LogP contribution in [0.5, 0.6) is 0 Å². The Bertz CT molecular complexity index is 345. The van der Waals surface area contributed by atoms with Gasteiger partial charge in [0.25, 0.3) is 0 Å². The predicted octanol–water partition coefficient (Wildman–Crippen LogP) is 2.85. The quantitative estimate of drug-likeness (QED) is 0.845. The lowest BCUT2D eigenvalue weighted by Crippen LogP contribution is -2.21. The number of hydrogen-bond donors (Lipinski definition) is 1. The van der Waals surface area contributed by atoms with Gasteiger partial charge in [-0.25, -0.2) is 4.98 Å². The van der Waals surface area contributed by atoms with E-state index >= 15 is 0 Å². The molecule has 4 nitrogen and oxygen atoms in total. The first-order valence-electron chi connectivity index (χ1n) is 7.09. The first-order valence-corrected chi connectivity index (χ1v) is 7.09. The first kappa shape index (κ1) is 13.6. The Morgan fingerprint density at radius 1 is 1.50 bits per heavy atom. The van der Waals surface area contributed by atoms with E-state index in [9.17, 15) is 0 Å². The fourth-order valence-electron chi connectivity index (χ4n) is 2.26. The van der Waals surface area contributed by atoms with E-state index in [-0.39, 0.29) is 6.04 Å². The number of hydrogen-bond acceptors (Lipinski definition) is 4. The van der Waals surface area contributed by atoms with Gasteiger partial charge in [-0.3, -0.25) is 0 Å². The highest BCUT2D eigenvalue weighted by Gasteiger charge is 2.18. The molecular formula is C14H24N2O2. The Kier molecular flexibility index (Phi) is 5.20. The van der Waals surface area contributed by atoms with Gasteiger partial charge in [0.1, 0.15) is 5.76 Å². The molecule has 1 N–H and O–H groups in total. The lowest BCUT2D eigenvalue weighted by atomic mass is 10.1. The lowest BCUT2D eigenvalue weighted by molar-refractivity contribution is 0.0137. The van der Waals surface area contributed by atoms with E-state index in [1.165, 1.54) is 12.8 Å². The molecule has 0 spiro atoms. The summed E-state index contributed by atoms with van der Waals surface area (Å²) in [6.07, 6.45) is 7.73. The van der Waals surface area contributed by atoms with Crippen molar-refractivity contribution in [2.45, 2.75) is 58.1 Å². The summed E-state index contributed by atoms with van der Waals surface area (Å²) in [7, 11) is 0. The van der Waals surface area contributed by atoms with Crippen molar-refractivity contribution in [2.24, 2.45) is 0 Å². The van der Waals surface area contributed by atoms with Gasteiger partial charge in [0.15, 0.2) is 0 Å². The largest absolute Gasteiger partial charge is 0.444 e. The van der Waals surface area contributed by atoms with Crippen LogP contribution in [0.4, 0.5) is 0 Å². The molecule has 2 rings (SSSR count). The molecule has 1 fully saturated rings. The van der Waals surface area contributed by atoms with Crippen LogP contribution < -0.4 is 5.32 Å². The maximum Gasteiger partial charge on any atom is 0.211 e. The van der Waals surface area contributed by atoms with Gasteiger partial charge in [0, 0.05) is 13.0 Å². The van der Waals surface area contributed by atoms with Gasteiger partial charge >= 0.3 is 0 Å². The summed E-state index contributed by atoms with van der Waals surface area (Å²) in [6, 6.07) is 0.186. The minimum absolute atomic E-state index is 0.186. The van der Waals surface area contributed by atoms with Crippen molar-refractivity contribution in [3.8, 4) is 0 Å². The van der Waals surface area contributed by atoms with E-state index in [0.29, 0.717) is 6.10 Å². The molecule has 4 heteroatoms. The van der Waals surface area contributed by atoms with Crippen molar-refractivity contribution < 1.29 is 9.15 Å². The number of rotatable bonds is 6. The minimum Gasteiger partial charge on any atom is -0.444 e. The van der Waals surface area contributed by atoms with E-state index < -0.39 is 0 Å². The van der Waals surface area contributed by atoms with Crippen LogP contribution in [0, 0.1) is 0 Å². The van der Waals surface area contributed by atoms with Crippen molar-refractivity contribution in [2.75, 3.05) is 13.2 Å². The van der Waals surface area contributed by atoms with Crippen LogP contribution in [0.15, 0.2) is 10.6 Å². The summed E-state index contributed by atoms with van der Waals surface area (Å²) in [6.45, 7) is 6.12. The molecule has 1 aliphatic rings. The zero-order valence-electron chi connectivity index (χ0n) is 11.4. The second-order valence-corrected chi connectivity index (χ2v) is 5.03. The molecule has 2 unspecified atom stereocenters. The van der Waals surface area contributed by atoms with Gasteiger partial charge in [-0.05, 0) is 39.2 Å². The monoisotopic (exact) mass is 252 g/mol. The van der Waals surface area contributed by atoms with Crippen molar-refractivity contribution in [3.63, 3.8) is 0 Å². The maximum atomic E-state index is 5.79. The van der Waals surface area contributed by atoms with Crippen molar-refractivity contribution in [3.05, 3.63) is 17.8 Å². The Balaban J connectivity index is 1.84. The molecule has 1 aromatic heterocycles.